The first kappa shape index (κ1) is 26.5. The molecular formula is C22H44IN5O. The summed E-state index contributed by atoms with van der Waals surface area (Å²) < 4.78 is 0. The van der Waals surface area contributed by atoms with Crippen molar-refractivity contribution in [2.75, 3.05) is 52.4 Å². The van der Waals surface area contributed by atoms with Gasteiger partial charge in [0, 0.05) is 39.1 Å². The predicted octanol–water partition coefficient (Wildman–Crippen LogP) is 3.61. The first-order valence-corrected chi connectivity index (χ1v) is 11.8. The highest BCUT2D eigenvalue weighted by Crippen LogP contribution is 2.11. The maximum Gasteiger partial charge on any atom is 0.222 e. The highest BCUT2D eigenvalue weighted by molar-refractivity contribution is 14.0. The molecule has 0 aromatic carbocycles. The quantitative estimate of drug-likeness (QED) is 0.189. The molecule has 2 heterocycles. The van der Waals surface area contributed by atoms with Crippen LogP contribution in [0.15, 0.2) is 4.99 Å². The first-order chi connectivity index (χ1) is 13.8. The summed E-state index contributed by atoms with van der Waals surface area (Å²) in [5.74, 6) is 1.25. The van der Waals surface area contributed by atoms with Crippen molar-refractivity contribution in [1.29, 1.82) is 0 Å². The normalized spacial score (nSPS) is 18.9. The number of halogens is 1. The van der Waals surface area contributed by atoms with Gasteiger partial charge < -0.3 is 20.4 Å². The molecule has 0 spiro atoms. The highest BCUT2D eigenvalue weighted by Gasteiger charge is 2.15. The number of likely N-dealkylation sites (tertiary alicyclic amines) is 2. The molecule has 2 rings (SSSR count). The molecule has 1 amide bonds. The van der Waals surface area contributed by atoms with Crippen LogP contribution >= 0.6 is 24.0 Å². The lowest BCUT2D eigenvalue weighted by Crippen LogP contribution is -2.38. The van der Waals surface area contributed by atoms with Gasteiger partial charge in [-0.2, -0.15) is 0 Å². The van der Waals surface area contributed by atoms with Crippen molar-refractivity contribution in [2.45, 2.75) is 77.6 Å². The van der Waals surface area contributed by atoms with E-state index in [0.29, 0.717) is 5.91 Å². The second-order valence-corrected chi connectivity index (χ2v) is 8.20. The molecular weight excluding hydrogens is 477 g/mol. The molecule has 2 aliphatic heterocycles. The van der Waals surface area contributed by atoms with Gasteiger partial charge in [-0.25, -0.2) is 0 Å². The lowest BCUT2D eigenvalue weighted by Gasteiger charge is -2.26. The number of hydrogen-bond acceptors (Lipinski definition) is 3. The fraction of sp³-hybridized carbons (Fsp3) is 0.909. The Hall–Kier alpha value is -0.570. The van der Waals surface area contributed by atoms with E-state index < -0.39 is 0 Å². The van der Waals surface area contributed by atoms with Crippen LogP contribution in [0.3, 0.4) is 0 Å². The molecule has 0 radical (unpaired) electrons. The molecule has 6 nitrogen and oxygen atoms in total. The number of nitrogens with zero attached hydrogens (tertiary/aromatic N) is 3. The Labute approximate surface area is 195 Å². The van der Waals surface area contributed by atoms with Gasteiger partial charge in [0.15, 0.2) is 5.96 Å². The van der Waals surface area contributed by atoms with Gasteiger partial charge >= 0.3 is 0 Å². The average molecular weight is 522 g/mol. The molecule has 170 valence electrons. The zero-order valence-corrected chi connectivity index (χ0v) is 20.9. The van der Waals surface area contributed by atoms with E-state index in [9.17, 15) is 4.79 Å². The van der Waals surface area contributed by atoms with Gasteiger partial charge in [0.2, 0.25) is 5.91 Å². The van der Waals surface area contributed by atoms with Crippen molar-refractivity contribution in [3.63, 3.8) is 0 Å². The second kappa shape index (κ2) is 17.1. The Morgan fingerprint density at radius 3 is 2.45 bits per heavy atom. The Bertz CT molecular complexity index is 454. The zero-order chi connectivity index (χ0) is 19.9. The maximum atomic E-state index is 12.0. The van der Waals surface area contributed by atoms with Crippen LogP contribution in [-0.4, -0.2) is 74.0 Å². The number of carbonyl (C=O) groups excluding carboxylic acids is 1. The number of unbranched alkanes of at least 4 members (excludes halogenated alkanes) is 2. The second-order valence-electron chi connectivity index (χ2n) is 8.20. The van der Waals surface area contributed by atoms with Gasteiger partial charge in [-0.3, -0.25) is 9.79 Å². The number of piperidine rings is 1. The van der Waals surface area contributed by atoms with Gasteiger partial charge in [0.1, 0.15) is 0 Å². The lowest BCUT2D eigenvalue weighted by atomic mass is 10.1. The summed E-state index contributed by atoms with van der Waals surface area (Å²) in [6, 6.07) is 0. The van der Waals surface area contributed by atoms with Crippen LogP contribution in [0.4, 0.5) is 0 Å². The van der Waals surface area contributed by atoms with Gasteiger partial charge in [0.25, 0.3) is 0 Å². The number of hydrogen-bond donors (Lipinski definition) is 2. The summed E-state index contributed by atoms with van der Waals surface area (Å²) in [4.78, 5) is 21.4. The minimum atomic E-state index is 0. The number of guanidine groups is 1. The smallest absolute Gasteiger partial charge is 0.222 e. The van der Waals surface area contributed by atoms with E-state index in [4.69, 9.17) is 0 Å². The molecule has 0 aromatic rings. The average Bonchev–Trinajstić information content (AvgIpc) is 2.92. The minimum absolute atomic E-state index is 0. The van der Waals surface area contributed by atoms with Gasteiger partial charge in [-0.05, 0) is 71.5 Å². The maximum absolute atomic E-state index is 12.0. The summed E-state index contributed by atoms with van der Waals surface area (Å²) in [5.41, 5.74) is 0. The number of rotatable bonds is 11. The standard InChI is InChI=1S/C22H43N5O.HI/c1-2-23-22(24-14-7-4-8-16-26-17-9-5-10-18-26)25-15-12-20-27-19-11-3-6-13-21(27)28;/h2-20H2,1H3,(H2,23,24,25);1H. The third kappa shape index (κ3) is 12.0. The molecule has 2 fully saturated rings. The van der Waals surface area contributed by atoms with Crippen LogP contribution in [0.25, 0.3) is 0 Å². The lowest BCUT2D eigenvalue weighted by molar-refractivity contribution is -0.130. The summed E-state index contributed by atoms with van der Waals surface area (Å²) in [6.45, 7) is 10.4. The topological polar surface area (TPSA) is 60.0 Å². The molecule has 0 bridgehead atoms. The van der Waals surface area contributed by atoms with Crippen molar-refractivity contribution in [3.8, 4) is 0 Å². The van der Waals surface area contributed by atoms with Crippen molar-refractivity contribution in [3.05, 3.63) is 0 Å². The highest BCUT2D eigenvalue weighted by atomic mass is 127. The SMILES string of the molecule is CCNC(=NCCCN1CCCCCC1=O)NCCCCCN1CCCCC1.I. The Balaban J connectivity index is 0.00000420. The molecule has 2 aliphatic rings. The van der Waals surface area contributed by atoms with Crippen molar-refractivity contribution in [2.24, 2.45) is 4.99 Å². The number of amides is 1. The fourth-order valence-corrected chi connectivity index (χ4v) is 4.10. The van der Waals surface area contributed by atoms with E-state index in [-0.39, 0.29) is 24.0 Å². The first-order valence-electron chi connectivity index (χ1n) is 11.8. The van der Waals surface area contributed by atoms with E-state index in [1.54, 1.807) is 0 Å². The Kier molecular flexibility index (Phi) is 15.6. The molecule has 0 aliphatic carbocycles. The number of aliphatic imine (C=N–C) groups is 1. The van der Waals surface area contributed by atoms with Crippen molar-refractivity contribution in [1.82, 2.24) is 20.4 Å². The summed E-state index contributed by atoms with van der Waals surface area (Å²) in [6.07, 6.45) is 13.0. The van der Waals surface area contributed by atoms with Crippen LogP contribution in [-0.2, 0) is 4.79 Å². The Morgan fingerprint density at radius 2 is 1.66 bits per heavy atom. The van der Waals surface area contributed by atoms with E-state index in [1.807, 2.05) is 4.90 Å². The van der Waals surface area contributed by atoms with Crippen LogP contribution in [0.5, 0.6) is 0 Å². The zero-order valence-electron chi connectivity index (χ0n) is 18.6. The summed E-state index contributed by atoms with van der Waals surface area (Å²) in [5, 5.41) is 6.79. The van der Waals surface area contributed by atoms with Gasteiger partial charge in [0.05, 0.1) is 0 Å². The summed E-state index contributed by atoms with van der Waals surface area (Å²) >= 11 is 0. The summed E-state index contributed by atoms with van der Waals surface area (Å²) in [7, 11) is 0. The van der Waals surface area contributed by atoms with E-state index in [1.165, 1.54) is 64.6 Å². The van der Waals surface area contributed by atoms with Crippen LogP contribution in [0, 0.1) is 0 Å². The third-order valence-corrected chi connectivity index (χ3v) is 5.76. The molecule has 2 saturated heterocycles. The van der Waals surface area contributed by atoms with E-state index in [2.05, 4.69) is 27.4 Å². The van der Waals surface area contributed by atoms with E-state index >= 15 is 0 Å². The predicted molar refractivity (Wildman–Crippen MR) is 133 cm³/mol. The largest absolute Gasteiger partial charge is 0.357 e. The molecule has 0 aromatic heterocycles. The molecule has 7 heteroatoms. The number of carbonyl (C=O) groups is 1. The van der Waals surface area contributed by atoms with Crippen molar-refractivity contribution >= 4 is 35.8 Å². The van der Waals surface area contributed by atoms with Gasteiger partial charge in [-0.15, -0.1) is 24.0 Å². The van der Waals surface area contributed by atoms with Crippen LogP contribution in [0.2, 0.25) is 0 Å². The van der Waals surface area contributed by atoms with Crippen LogP contribution in [0.1, 0.15) is 77.6 Å². The molecule has 0 saturated carbocycles. The third-order valence-electron chi connectivity index (χ3n) is 5.76. The van der Waals surface area contributed by atoms with Crippen molar-refractivity contribution < 1.29 is 4.79 Å². The minimum Gasteiger partial charge on any atom is -0.357 e. The molecule has 0 unspecified atom stereocenters. The molecule has 2 N–H and O–H groups in total. The Morgan fingerprint density at radius 1 is 0.897 bits per heavy atom. The van der Waals surface area contributed by atoms with E-state index in [0.717, 1.165) is 64.4 Å². The number of nitrogens with one attached hydrogen (secondary N) is 2. The fourth-order valence-electron chi connectivity index (χ4n) is 4.10. The molecule has 29 heavy (non-hydrogen) atoms. The monoisotopic (exact) mass is 521 g/mol. The van der Waals surface area contributed by atoms with Crippen LogP contribution < -0.4 is 10.6 Å². The molecule has 0 atom stereocenters. The van der Waals surface area contributed by atoms with Gasteiger partial charge in [-0.1, -0.05) is 19.3 Å².